The molecule has 6 heteroatoms. The molecule has 0 atom stereocenters. The molecule has 2 aromatic heterocycles. The smallest absolute Gasteiger partial charge is 0.246 e. The molecule has 16 heavy (non-hydrogen) atoms. The molecular formula is C10H12N4O2. The quantitative estimate of drug-likeness (QED) is 0.787. The Labute approximate surface area is 92.2 Å². The van der Waals surface area contributed by atoms with E-state index in [0.29, 0.717) is 12.4 Å². The van der Waals surface area contributed by atoms with Gasteiger partial charge in [0.25, 0.3) is 0 Å². The number of hydrogen-bond acceptors (Lipinski definition) is 4. The van der Waals surface area contributed by atoms with E-state index in [0.717, 1.165) is 5.65 Å². The summed E-state index contributed by atoms with van der Waals surface area (Å²) in [6.07, 6.45) is 1.85. The summed E-state index contributed by atoms with van der Waals surface area (Å²) < 4.78 is 6.53. The molecule has 0 saturated heterocycles. The third-order valence-electron chi connectivity index (χ3n) is 2.10. The fourth-order valence-corrected chi connectivity index (χ4v) is 1.37. The zero-order valence-corrected chi connectivity index (χ0v) is 8.88. The molecule has 2 rings (SSSR count). The van der Waals surface area contributed by atoms with Crippen molar-refractivity contribution in [3.63, 3.8) is 0 Å². The summed E-state index contributed by atoms with van der Waals surface area (Å²) in [5, 5.41) is 10.6. The molecule has 84 valence electrons. The van der Waals surface area contributed by atoms with E-state index in [-0.39, 0.29) is 12.5 Å². The van der Waals surface area contributed by atoms with Crippen molar-refractivity contribution < 1.29 is 9.53 Å². The molecule has 0 aliphatic rings. The van der Waals surface area contributed by atoms with Gasteiger partial charge in [0.05, 0.1) is 6.54 Å². The average molecular weight is 220 g/mol. The molecule has 1 amide bonds. The van der Waals surface area contributed by atoms with Crippen LogP contribution in [-0.2, 0) is 16.1 Å². The number of methoxy groups -OCH3 is 1. The van der Waals surface area contributed by atoms with Crippen molar-refractivity contribution in [2.45, 2.75) is 6.54 Å². The van der Waals surface area contributed by atoms with Crippen LogP contribution in [0.5, 0.6) is 0 Å². The van der Waals surface area contributed by atoms with E-state index >= 15 is 0 Å². The largest absolute Gasteiger partial charge is 0.375 e. The van der Waals surface area contributed by atoms with E-state index in [1.807, 2.05) is 28.8 Å². The first-order valence-corrected chi connectivity index (χ1v) is 4.85. The maximum Gasteiger partial charge on any atom is 0.246 e. The van der Waals surface area contributed by atoms with Crippen LogP contribution in [-0.4, -0.2) is 34.2 Å². The Balaban J connectivity index is 2.07. The summed E-state index contributed by atoms with van der Waals surface area (Å²) in [6, 6.07) is 5.63. The molecule has 6 nitrogen and oxygen atoms in total. The van der Waals surface area contributed by atoms with E-state index in [4.69, 9.17) is 4.74 Å². The molecular weight excluding hydrogens is 208 g/mol. The Morgan fingerprint density at radius 2 is 2.38 bits per heavy atom. The van der Waals surface area contributed by atoms with E-state index in [1.54, 1.807) is 0 Å². The van der Waals surface area contributed by atoms with Crippen molar-refractivity contribution in [1.29, 1.82) is 0 Å². The molecule has 0 spiro atoms. The van der Waals surface area contributed by atoms with Crippen molar-refractivity contribution in [3.8, 4) is 0 Å². The van der Waals surface area contributed by atoms with Crippen molar-refractivity contribution in [1.82, 2.24) is 19.9 Å². The van der Waals surface area contributed by atoms with Crippen LogP contribution in [0, 0.1) is 0 Å². The lowest BCUT2D eigenvalue weighted by molar-refractivity contribution is -0.124. The highest BCUT2D eigenvalue weighted by Gasteiger charge is 2.05. The number of pyridine rings is 1. The summed E-state index contributed by atoms with van der Waals surface area (Å²) in [5.41, 5.74) is 0.762. The van der Waals surface area contributed by atoms with Crippen LogP contribution in [0.4, 0.5) is 0 Å². The highest BCUT2D eigenvalue weighted by molar-refractivity contribution is 5.77. The van der Waals surface area contributed by atoms with Crippen LogP contribution in [0.15, 0.2) is 24.4 Å². The number of fused-ring (bicyclic) bond motifs is 1. The lowest BCUT2D eigenvalue weighted by atomic mass is 10.4. The zero-order chi connectivity index (χ0) is 11.4. The van der Waals surface area contributed by atoms with E-state index < -0.39 is 0 Å². The summed E-state index contributed by atoms with van der Waals surface area (Å²) in [4.78, 5) is 11.2. The third-order valence-corrected chi connectivity index (χ3v) is 2.10. The van der Waals surface area contributed by atoms with Gasteiger partial charge in [-0.1, -0.05) is 6.07 Å². The van der Waals surface area contributed by atoms with Gasteiger partial charge in [-0.25, -0.2) is 0 Å². The van der Waals surface area contributed by atoms with Gasteiger partial charge in [-0.05, 0) is 12.1 Å². The number of rotatable bonds is 4. The van der Waals surface area contributed by atoms with Gasteiger partial charge in [-0.2, -0.15) is 0 Å². The molecule has 0 radical (unpaired) electrons. The predicted octanol–water partition coefficient (Wildman–Crippen LogP) is -0.00810. The highest BCUT2D eigenvalue weighted by Crippen LogP contribution is 2.01. The summed E-state index contributed by atoms with van der Waals surface area (Å²) >= 11 is 0. The molecule has 0 unspecified atom stereocenters. The van der Waals surface area contributed by atoms with Gasteiger partial charge < -0.3 is 10.1 Å². The van der Waals surface area contributed by atoms with E-state index in [2.05, 4.69) is 15.5 Å². The van der Waals surface area contributed by atoms with Crippen LogP contribution < -0.4 is 5.32 Å². The van der Waals surface area contributed by atoms with E-state index in [1.165, 1.54) is 7.11 Å². The van der Waals surface area contributed by atoms with Crippen LogP contribution in [0.25, 0.3) is 5.65 Å². The molecule has 1 N–H and O–H groups in total. The number of hydrogen-bond donors (Lipinski definition) is 1. The van der Waals surface area contributed by atoms with Crippen molar-refractivity contribution in [3.05, 3.63) is 30.2 Å². The van der Waals surface area contributed by atoms with Gasteiger partial charge in [0.2, 0.25) is 5.91 Å². The highest BCUT2D eigenvalue weighted by atomic mass is 16.5. The van der Waals surface area contributed by atoms with Crippen LogP contribution in [0.3, 0.4) is 0 Å². The maximum absolute atomic E-state index is 11.2. The Morgan fingerprint density at radius 3 is 3.19 bits per heavy atom. The second-order valence-corrected chi connectivity index (χ2v) is 3.25. The molecule has 0 fully saturated rings. The number of carbonyl (C=O) groups excluding carboxylic acids is 1. The fourth-order valence-electron chi connectivity index (χ4n) is 1.37. The lowest BCUT2D eigenvalue weighted by Gasteiger charge is -2.02. The fraction of sp³-hybridized carbons (Fsp3) is 0.300. The molecule has 2 aromatic rings. The van der Waals surface area contributed by atoms with Gasteiger partial charge in [0, 0.05) is 13.3 Å². The van der Waals surface area contributed by atoms with Gasteiger partial charge in [-0.3, -0.25) is 9.20 Å². The van der Waals surface area contributed by atoms with Crippen LogP contribution >= 0.6 is 0 Å². The van der Waals surface area contributed by atoms with Gasteiger partial charge in [-0.15, -0.1) is 10.2 Å². The SMILES string of the molecule is COCC(=O)NCc1nnc2ccccn12. The first-order valence-electron chi connectivity index (χ1n) is 4.85. The predicted molar refractivity (Wildman–Crippen MR) is 56.7 cm³/mol. The minimum absolute atomic E-state index is 0.0523. The number of carbonyl (C=O) groups is 1. The van der Waals surface area contributed by atoms with Crippen molar-refractivity contribution >= 4 is 11.6 Å². The van der Waals surface area contributed by atoms with Crippen LogP contribution in [0.2, 0.25) is 0 Å². The van der Waals surface area contributed by atoms with Crippen LogP contribution in [0.1, 0.15) is 5.82 Å². The zero-order valence-electron chi connectivity index (χ0n) is 8.88. The normalized spacial score (nSPS) is 10.6. The van der Waals surface area contributed by atoms with Gasteiger partial charge in [0.1, 0.15) is 6.61 Å². The summed E-state index contributed by atoms with van der Waals surface area (Å²) in [6.45, 7) is 0.393. The first-order chi connectivity index (χ1) is 7.81. The molecule has 0 aliphatic heterocycles. The number of ether oxygens (including phenoxy) is 1. The standard InChI is InChI=1S/C10H12N4O2/c1-16-7-10(15)11-6-9-13-12-8-4-2-3-5-14(8)9/h2-5H,6-7H2,1H3,(H,11,15). The van der Waals surface area contributed by atoms with Crippen molar-refractivity contribution in [2.24, 2.45) is 0 Å². The summed E-state index contributed by atoms with van der Waals surface area (Å²) in [7, 11) is 1.48. The van der Waals surface area contributed by atoms with Gasteiger partial charge >= 0.3 is 0 Å². The summed E-state index contributed by atoms with van der Waals surface area (Å²) in [5.74, 6) is 0.523. The topological polar surface area (TPSA) is 68.5 Å². The third kappa shape index (κ3) is 2.17. The maximum atomic E-state index is 11.2. The average Bonchev–Trinajstić information content (AvgIpc) is 2.70. The minimum Gasteiger partial charge on any atom is -0.375 e. The Kier molecular flexibility index (Phi) is 3.11. The first kappa shape index (κ1) is 10.6. The Morgan fingerprint density at radius 1 is 1.50 bits per heavy atom. The number of amides is 1. The number of nitrogens with zero attached hydrogens (tertiary/aromatic N) is 3. The van der Waals surface area contributed by atoms with E-state index in [9.17, 15) is 4.79 Å². The molecule has 0 aromatic carbocycles. The monoisotopic (exact) mass is 220 g/mol. The Hall–Kier alpha value is -1.95. The molecule has 0 bridgehead atoms. The molecule has 0 saturated carbocycles. The van der Waals surface area contributed by atoms with Crippen molar-refractivity contribution in [2.75, 3.05) is 13.7 Å². The second-order valence-electron chi connectivity index (χ2n) is 3.25. The number of aromatic nitrogens is 3. The second kappa shape index (κ2) is 4.71. The number of nitrogens with one attached hydrogen (secondary N) is 1. The molecule has 2 heterocycles. The Bertz CT molecular complexity index is 494. The van der Waals surface area contributed by atoms with Gasteiger partial charge in [0.15, 0.2) is 11.5 Å². The lowest BCUT2D eigenvalue weighted by Crippen LogP contribution is -2.27. The minimum atomic E-state index is -0.171. The molecule has 0 aliphatic carbocycles.